The predicted molar refractivity (Wildman–Crippen MR) is 220 cm³/mol. The molecule has 0 radical (unpaired) electrons. The van der Waals surface area contributed by atoms with Gasteiger partial charge in [-0.2, -0.15) is 0 Å². The Bertz CT molecular complexity index is 3190. The van der Waals surface area contributed by atoms with Crippen molar-refractivity contribution in [1.29, 1.82) is 0 Å². The van der Waals surface area contributed by atoms with Gasteiger partial charge in [0.05, 0.1) is 27.8 Å². The highest BCUT2D eigenvalue weighted by Gasteiger charge is 2.21. The van der Waals surface area contributed by atoms with Crippen molar-refractivity contribution >= 4 is 65.4 Å². The van der Waals surface area contributed by atoms with Gasteiger partial charge >= 0.3 is 0 Å². The highest BCUT2D eigenvalue weighted by molar-refractivity contribution is 6.20. The first-order valence-corrected chi connectivity index (χ1v) is 17.9. The Balaban J connectivity index is 1.21. The summed E-state index contributed by atoms with van der Waals surface area (Å²) in [6, 6.07) is 66.6. The fraction of sp³-hybridized carbons (Fsp3) is 0.0204. The monoisotopic (exact) mass is 663 g/mol. The lowest BCUT2D eigenvalue weighted by Gasteiger charge is -2.15. The van der Waals surface area contributed by atoms with Gasteiger partial charge in [-0.3, -0.25) is 0 Å². The Morgan fingerprint density at radius 2 is 0.808 bits per heavy atom. The molecule has 0 bridgehead atoms. The molecule has 3 heteroatoms. The molecule has 0 N–H and O–H groups in total. The van der Waals surface area contributed by atoms with Gasteiger partial charge in [-0.05, 0) is 76.9 Å². The topological polar surface area (TPSA) is 14.8 Å². The summed E-state index contributed by atoms with van der Waals surface area (Å²) in [5.41, 5.74) is 14.4. The Hall–Kier alpha value is -6.84. The van der Waals surface area contributed by atoms with Crippen LogP contribution in [0.2, 0.25) is 0 Å². The molecule has 0 saturated carbocycles. The molecule has 3 nitrogen and oxygen atoms in total. The molecule has 0 amide bonds. The molecule has 3 aromatic heterocycles. The number of hydrogen-bond donors (Lipinski definition) is 0. The van der Waals surface area contributed by atoms with Crippen LogP contribution in [-0.4, -0.2) is 13.7 Å². The Morgan fingerprint density at radius 1 is 0.308 bits per heavy atom. The van der Waals surface area contributed by atoms with E-state index in [1.165, 1.54) is 87.7 Å². The van der Waals surface area contributed by atoms with Gasteiger partial charge in [-0.1, -0.05) is 127 Å². The zero-order chi connectivity index (χ0) is 34.3. The minimum atomic E-state index is 1.14. The van der Waals surface area contributed by atoms with Crippen molar-refractivity contribution in [1.82, 2.24) is 13.7 Å². The quantitative estimate of drug-likeness (QED) is 0.178. The molecule has 3 heterocycles. The van der Waals surface area contributed by atoms with Crippen LogP contribution < -0.4 is 0 Å². The predicted octanol–water partition coefficient (Wildman–Crippen LogP) is 12.9. The van der Waals surface area contributed by atoms with E-state index in [1.54, 1.807) is 0 Å². The second kappa shape index (κ2) is 11.1. The zero-order valence-electron chi connectivity index (χ0n) is 28.7. The second-order valence-electron chi connectivity index (χ2n) is 13.8. The molecule has 0 unspecified atom stereocenters. The van der Waals surface area contributed by atoms with E-state index >= 15 is 0 Å². The number of aromatic nitrogens is 3. The molecule has 0 saturated heterocycles. The maximum absolute atomic E-state index is 2.50. The first-order valence-electron chi connectivity index (χ1n) is 17.9. The van der Waals surface area contributed by atoms with Crippen LogP contribution in [0.5, 0.6) is 0 Å². The van der Waals surface area contributed by atoms with Crippen LogP contribution in [0.1, 0.15) is 0 Å². The number of fused-ring (bicyclic) bond motifs is 9. The maximum atomic E-state index is 2.50. The fourth-order valence-electron chi connectivity index (χ4n) is 8.66. The summed E-state index contributed by atoms with van der Waals surface area (Å²) < 4.78 is 7.30. The average Bonchev–Trinajstić information content (AvgIpc) is 3.83. The lowest BCUT2D eigenvalue weighted by atomic mass is 9.99. The van der Waals surface area contributed by atoms with Crippen molar-refractivity contribution in [2.45, 2.75) is 0 Å². The number of benzene rings is 8. The Labute approximate surface area is 300 Å². The molecule has 0 aliphatic rings. The van der Waals surface area contributed by atoms with Crippen LogP contribution in [-0.2, 0) is 7.05 Å². The minimum Gasteiger partial charge on any atom is -0.344 e. The van der Waals surface area contributed by atoms with E-state index in [-0.39, 0.29) is 0 Å². The zero-order valence-corrected chi connectivity index (χ0v) is 28.7. The summed E-state index contributed by atoms with van der Waals surface area (Å²) in [4.78, 5) is 0. The molecule has 0 aliphatic heterocycles. The third-order valence-electron chi connectivity index (χ3n) is 11.0. The summed E-state index contributed by atoms with van der Waals surface area (Å²) in [5, 5.41) is 7.54. The number of nitrogens with zero attached hydrogens (tertiary/aromatic N) is 3. The third-order valence-corrected chi connectivity index (χ3v) is 11.0. The van der Waals surface area contributed by atoms with Crippen molar-refractivity contribution in [2.75, 3.05) is 0 Å². The molecule has 8 aromatic carbocycles. The SMILES string of the molecule is Cn1c2ccccc2c2cc3c(cc21)c1ccccc1n3-c1cccc2c3ccccc3n(-c3cccc(-c4cccc(-c5ccccc5)c4)c3)c12. The second-order valence-corrected chi connectivity index (χ2v) is 13.8. The maximum Gasteiger partial charge on any atom is 0.0782 e. The highest BCUT2D eigenvalue weighted by atomic mass is 15.1. The van der Waals surface area contributed by atoms with E-state index in [0.717, 1.165) is 11.4 Å². The molecule has 11 aromatic rings. The van der Waals surface area contributed by atoms with Gasteiger partial charge in [0.15, 0.2) is 0 Å². The Kier molecular flexibility index (Phi) is 6.17. The molecule has 11 rings (SSSR count). The van der Waals surface area contributed by atoms with Gasteiger partial charge in [0.1, 0.15) is 0 Å². The standard InChI is InChI=1S/C49H33N3/c1-50-43-24-8-5-21-38(43)41-31-48-42(30-47(41)50)39-22-7-10-26-45(39)52(48)46-27-13-23-40-37-20-6-9-25-44(37)51(49(40)46)36-19-12-18-35(29-36)34-17-11-16-33(28-34)32-14-3-2-4-15-32/h2-31H,1H3. The largest absolute Gasteiger partial charge is 0.344 e. The van der Waals surface area contributed by atoms with E-state index in [4.69, 9.17) is 0 Å². The molecule has 0 atom stereocenters. The van der Waals surface area contributed by atoms with Crippen molar-refractivity contribution in [3.8, 4) is 33.6 Å². The summed E-state index contributed by atoms with van der Waals surface area (Å²) in [5.74, 6) is 0. The normalized spacial score (nSPS) is 11.9. The summed E-state index contributed by atoms with van der Waals surface area (Å²) >= 11 is 0. The Morgan fingerprint density at radius 3 is 1.58 bits per heavy atom. The van der Waals surface area contributed by atoms with Gasteiger partial charge < -0.3 is 13.7 Å². The molecule has 0 aliphatic carbocycles. The summed E-state index contributed by atoms with van der Waals surface area (Å²) in [7, 11) is 2.18. The van der Waals surface area contributed by atoms with Gasteiger partial charge in [-0.15, -0.1) is 0 Å². The van der Waals surface area contributed by atoms with Crippen LogP contribution in [0.25, 0.3) is 99.0 Å². The van der Waals surface area contributed by atoms with Crippen LogP contribution in [0.15, 0.2) is 182 Å². The number of hydrogen-bond acceptors (Lipinski definition) is 0. The third kappa shape index (κ3) is 4.14. The van der Waals surface area contributed by atoms with Crippen LogP contribution >= 0.6 is 0 Å². The lowest BCUT2D eigenvalue weighted by Crippen LogP contribution is -2.01. The molecular formula is C49H33N3. The molecule has 244 valence electrons. The number of aryl methyl sites for hydroxylation is 1. The highest BCUT2D eigenvalue weighted by Crippen LogP contribution is 2.42. The minimum absolute atomic E-state index is 1.14. The van der Waals surface area contributed by atoms with Crippen molar-refractivity contribution in [3.05, 3.63) is 182 Å². The van der Waals surface area contributed by atoms with E-state index < -0.39 is 0 Å². The van der Waals surface area contributed by atoms with Gasteiger partial charge in [-0.25, -0.2) is 0 Å². The van der Waals surface area contributed by atoms with Gasteiger partial charge in [0, 0.05) is 56.1 Å². The fourth-order valence-corrected chi connectivity index (χ4v) is 8.66. The molecule has 0 spiro atoms. The molecule has 0 fully saturated rings. The van der Waals surface area contributed by atoms with Crippen molar-refractivity contribution < 1.29 is 0 Å². The number of rotatable bonds is 4. The number of para-hydroxylation sites is 4. The summed E-state index contributed by atoms with van der Waals surface area (Å²) in [6.45, 7) is 0. The first-order chi connectivity index (χ1) is 25.7. The first kappa shape index (κ1) is 28.9. The van der Waals surface area contributed by atoms with E-state index in [2.05, 4.69) is 203 Å². The average molecular weight is 664 g/mol. The van der Waals surface area contributed by atoms with Crippen LogP contribution in [0, 0.1) is 0 Å². The smallest absolute Gasteiger partial charge is 0.0782 e. The van der Waals surface area contributed by atoms with Gasteiger partial charge in [0.25, 0.3) is 0 Å². The van der Waals surface area contributed by atoms with E-state index in [0.29, 0.717) is 0 Å². The summed E-state index contributed by atoms with van der Waals surface area (Å²) in [6.07, 6.45) is 0. The van der Waals surface area contributed by atoms with Crippen molar-refractivity contribution in [3.63, 3.8) is 0 Å². The van der Waals surface area contributed by atoms with E-state index in [9.17, 15) is 0 Å². The van der Waals surface area contributed by atoms with Crippen LogP contribution in [0.4, 0.5) is 0 Å². The van der Waals surface area contributed by atoms with Crippen LogP contribution in [0.3, 0.4) is 0 Å². The lowest BCUT2D eigenvalue weighted by molar-refractivity contribution is 1.02. The van der Waals surface area contributed by atoms with Gasteiger partial charge in [0.2, 0.25) is 0 Å². The molecule has 52 heavy (non-hydrogen) atoms. The van der Waals surface area contributed by atoms with E-state index in [1.807, 2.05) is 0 Å². The van der Waals surface area contributed by atoms with Crippen molar-refractivity contribution in [2.24, 2.45) is 7.05 Å². The molecular weight excluding hydrogens is 631 g/mol.